The standard InChI is InChI=1S/C18H25NO3S/c1-2-3-4-8-15-18(20)19(16-11-9-10-12-16)23(21,22)17-13-6-5-7-14-17/h2-3,5-7,13-14,16H,4,8-12,15H2,1H3. The van der Waals surface area contributed by atoms with Crippen LogP contribution in [0.4, 0.5) is 0 Å². The van der Waals surface area contributed by atoms with Crippen LogP contribution in [0.5, 0.6) is 0 Å². The minimum Gasteiger partial charge on any atom is -0.274 e. The van der Waals surface area contributed by atoms with E-state index in [0.29, 0.717) is 6.42 Å². The highest BCUT2D eigenvalue weighted by atomic mass is 32.2. The van der Waals surface area contributed by atoms with E-state index in [4.69, 9.17) is 0 Å². The molecule has 0 bridgehead atoms. The average Bonchev–Trinajstić information content (AvgIpc) is 3.06. The fraction of sp³-hybridized carbons (Fsp3) is 0.500. The lowest BCUT2D eigenvalue weighted by Crippen LogP contribution is -2.43. The van der Waals surface area contributed by atoms with Crippen molar-refractivity contribution in [2.75, 3.05) is 0 Å². The Morgan fingerprint density at radius 3 is 2.48 bits per heavy atom. The Morgan fingerprint density at radius 1 is 1.22 bits per heavy atom. The molecule has 0 unspecified atom stereocenters. The molecule has 4 nitrogen and oxygen atoms in total. The molecule has 1 aliphatic carbocycles. The number of sulfonamides is 1. The summed E-state index contributed by atoms with van der Waals surface area (Å²) in [6, 6.07) is 8.09. The molecule has 0 radical (unpaired) electrons. The molecule has 1 fully saturated rings. The number of carbonyl (C=O) groups excluding carboxylic acids is 1. The van der Waals surface area contributed by atoms with Gasteiger partial charge >= 0.3 is 0 Å². The third-order valence-electron chi connectivity index (χ3n) is 4.20. The van der Waals surface area contributed by atoms with Crippen LogP contribution in [0.2, 0.25) is 0 Å². The molecule has 1 amide bonds. The molecule has 1 aliphatic rings. The van der Waals surface area contributed by atoms with Gasteiger partial charge in [-0.3, -0.25) is 4.79 Å². The summed E-state index contributed by atoms with van der Waals surface area (Å²) < 4.78 is 27.1. The van der Waals surface area contributed by atoms with Crippen LogP contribution in [-0.4, -0.2) is 24.7 Å². The smallest absolute Gasteiger partial charge is 0.266 e. The molecule has 1 aromatic rings. The van der Waals surface area contributed by atoms with E-state index in [1.165, 1.54) is 4.31 Å². The van der Waals surface area contributed by atoms with Gasteiger partial charge in [-0.15, -0.1) is 0 Å². The summed E-state index contributed by atoms with van der Waals surface area (Å²) in [5.41, 5.74) is 0. The van der Waals surface area contributed by atoms with Crippen molar-refractivity contribution in [3.05, 3.63) is 42.5 Å². The van der Waals surface area contributed by atoms with E-state index in [1.54, 1.807) is 30.3 Å². The summed E-state index contributed by atoms with van der Waals surface area (Å²) in [6.07, 6.45) is 9.20. The molecule has 0 N–H and O–H groups in total. The molecule has 1 aromatic carbocycles. The van der Waals surface area contributed by atoms with Gasteiger partial charge in [0.2, 0.25) is 5.91 Å². The number of benzene rings is 1. The predicted octanol–water partition coefficient (Wildman–Crippen LogP) is 3.89. The lowest BCUT2D eigenvalue weighted by atomic mass is 10.2. The van der Waals surface area contributed by atoms with Crippen LogP contribution in [0.25, 0.3) is 0 Å². The highest BCUT2D eigenvalue weighted by Crippen LogP contribution is 2.29. The average molecular weight is 335 g/mol. The zero-order valence-electron chi connectivity index (χ0n) is 13.6. The normalized spacial score (nSPS) is 16.0. The number of hydrogen-bond acceptors (Lipinski definition) is 3. The molecular weight excluding hydrogens is 310 g/mol. The Balaban J connectivity index is 2.22. The minimum atomic E-state index is -3.76. The Morgan fingerprint density at radius 2 is 1.87 bits per heavy atom. The van der Waals surface area contributed by atoms with Gasteiger partial charge in [0.15, 0.2) is 0 Å². The van der Waals surface area contributed by atoms with Crippen LogP contribution >= 0.6 is 0 Å². The van der Waals surface area contributed by atoms with Crippen LogP contribution in [0, 0.1) is 0 Å². The Hall–Kier alpha value is -1.62. The first-order valence-electron chi connectivity index (χ1n) is 8.31. The first kappa shape index (κ1) is 17.7. The highest BCUT2D eigenvalue weighted by molar-refractivity contribution is 7.89. The summed E-state index contributed by atoms with van der Waals surface area (Å²) in [4.78, 5) is 12.8. The molecule has 0 aromatic heterocycles. The summed E-state index contributed by atoms with van der Waals surface area (Å²) >= 11 is 0. The van der Waals surface area contributed by atoms with E-state index in [0.717, 1.165) is 32.1 Å². The molecule has 0 atom stereocenters. The maximum atomic E-state index is 12.9. The van der Waals surface area contributed by atoms with E-state index in [1.807, 2.05) is 19.1 Å². The van der Waals surface area contributed by atoms with Gasteiger partial charge in [-0.1, -0.05) is 43.2 Å². The second-order valence-corrected chi connectivity index (χ2v) is 7.72. The van der Waals surface area contributed by atoms with Crippen molar-refractivity contribution in [2.45, 2.75) is 62.8 Å². The molecular formula is C18H25NO3S. The van der Waals surface area contributed by atoms with Gasteiger partial charge in [0.1, 0.15) is 0 Å². The van der Waals surface area contributed by atoms with Gasteiger partial charge in [0.25, 0.3) is 10.0 Å². The summed E-state index contributed by atoms with van der Waals surface area (Å²) in [5.74, 6) is -0.273. The third-order valence-corrected chi connectivity index (χ3v) is 6.09. The number of carbonyl (C=O) groups is 1. The SMILES string of the molecule is CC=CCCCC(=O)N(C1CCCC1)S(=O)(=O)c1ccccc1. The monoisotopic (exact) mass is 335 g/mol. The quantitative estimate of drug-likeness (QED) is 0.561. The Bertz CT molecular complexity index is 631. The maximum Gasteiger partial charge on any atom is 0.266 e. The van der Waals surface area contributed by atoms with Gasteiger partial charge in [-0.25, -0.2) is 12.7 Å². The lowest BCUT2D eigenvalue weighted by Gasteiger charge is -2.28. The van der Waals surface area contributed by atoms with E-state index < -0.39 is 10.0 Å². The van der Waals surface area contributed by atoms with Crippen LogP contribution in [-0.2, 0) is 14.8 Å². The van der Waals surface area contributed by atoms with Crippen LogP contribution in [0.3, 0.4) is 0 Å². The molecule has 5 heteroatoms. The predicted molar refractivity (Wildman–Crippen MR) is 91.4 cm³/mol. The lowest BCUT2D eigenvalue weighted by molar-refractivity contribution is -0.128. The Kier molecular flexibility index (Phi) is 6.39. The van der Waals surface area contributed by atoms with Gasteiger partial charge in [-0.05, 0) is 44.7 Å². The van der Waals surface area contributed by atoms with Crippen molar-refractivity contribution in [2.24, 2.45) is 0 Å². The fourth-order valence-electron chi connectivity index (χ4n) is 3.03. The van der Waals surface area contributed by atoms with Gasteiger partial charge in [0, 0.05) is 12.5 Å². The van der Waals surface area contributed by atoms with Crippen LogP contribution < -0.4 is 0 Å². The minimum absolute atomic E-state index is 0.186. The van der Waals surface area contributed by atoms with Crippen LogP contribution in [0.1, 0.15) is 51.9 Å². The topological polar surface area (TPSA) is 54.5 Å². The number of rotatable bonds is 7. The van der Waals surface area contributed by atoms with E-state index in [2.05, 4.69) is 0 Å². The molecule has 2 rings (SSSR count). The summed E-state index contributed by atoms with van der Waals surface area (Å²) in [6.45, 7) is 1.94. The zero-order valence-corrected chi connectivity index (χ0v) is 14.5. The van der Waals surface area contributed by atoms with E-state index in [9.17, 15) is 13.2 Å². The molecule has 0 spiro atoms. The molecule has 0 heterocycles. The van der Waals surface area contributed by atoms with E-state index in [-0.39, 0.29) is 23.3 Å². The zero-order chi connectivity index (χ0) is 16.7. The van der Waals surface area contributed by atoms with Gasteiger partial charge < -0.3 is 0 Å². The molecule has 0 saturated heterocycles. The first-order chi connectivity index (χ1) is 11.1. The molecule has 1 saturated carbocycles. The maximum absolute atomic E-state index is 12.9. The van der Waals surface area contributed by atoms with Crippen molar-refractivity contribution >= 4 is 15.9 Å². The number of allylic oxidation sites excluding steroid dienone is 2. The van der Waals surface area contributed by atoms with Crippen molar-refractivity contribution in [1.29, 1.82) is 0 Å². The third kappa shape index (κ3) is 4.44. The van der Waals surface area contributed by atoms with Crippen molar-refractivity contribution in [3.63, 3.8) is 0 Å². The van der Waals surface area contributed by atoms with Crippen molar-refractivity contribution in [3.8, 4) is 0 Å². The molecule has 23 heavy (non-hydrogen) atoms. The molecule has 0 aliphatic heterocycles. The van der Waals surface area contributed by atoms with E-state index >= 15 is 0 Å². The number of nitrogens with zero attached hydrogens (tertiary/aromatic N) is 1. The molecule has 126 valence electrons. The largest absolute Gasteiger partial charge is 0.274 e. The van der Waals surface area contributed by atoms with Gasteiger partial charge in [-0.2, -0.15) is 0 Å². The second kappa shape index (κ2) is 8.29. The van der Waals surface area contributed by atoms with Crippen molar-refractivity contribution < 1.29 is 13.2 Å². The Labute approximate surface area is 139 Å². The summed E-state index contributed by atoms with van der Waals surface area (Å²) in [5, 5.41) is 0. The van der Waals surface area contributed by atoms with Crippen molar-refractivity contribution in [1.82, 2.24) is 4.31 Å². The summed E-state index contributed by atoms with van der Waals surface area (Å²) in [7, 11) is -3.76. The number of amides is 1. The fourth-order valence-corrected chi connectivity index (χ4v) is 4.72. The number of hydrogen-bond donors (Lipinski definition) is 0. The first-order valence-corrected chi connectivity index (χ1v) is 9.75. The number of unbranched alkanes of at least 4 members (excludes halogenated alkanes) is 1. The highest BCUT2D eigenvalue weighted by Gasteiger charge is 2.36. The van der Waals surface area contributed by atoms with Crippen LogP contribution in [0.15, 0.2) is 47.4 Å². The van der Waals surface area contributed by atoms with Gasteiger partial charge in [0.05, 0.1) is 4.90 Å². The second-order valence-electron chi connectivity index (χ2n) is 5.91.